The highest BCUT2D eigenvalue weighted by Gasteiger charge is 2.22. The molecule has 0 aliphatic heterocycles. The van der Waals surface area contributed by atoms with Gasteiger partial charge in [-0.15, -0.1) is 11.3 Å². The average molecular weight is 526 g/mol. The van der Waals surface area contributed by atoms with Gasteiger partial charge in [0.15, 0.2) is 5.78 Å². The second-order valence-electron chi connectivity index (χ2n) is 8.74. The third-order valence-electron chi connectivity index (χ3n) is 5.61. The molecule has 0 fully saturated rings. The maximum absolute atomic E-state index is 12.5. The molecule has 1 amide bonds. The first kappa shape index (κ1) is 25.5. The molecule has 0 bridgehead atoms. The third-order valence-corrected chi connectivity index (χ3v) is 8.60. The van der Waals surface area contributed by atoms with Gasteiger partial charge in [-0.3, -0.25) is 14.3 Å². The standard InChI is InChI=1S/C25H27N5O4S2/c1-16(2)36(33,34)30-14-20(10-17(30)3)25(32)26-13-21(31)12-24-27-23(15-35-24)19-7-5-6-18(11-19)22-8-9-29(4)28-22/h5-11,14-16H,12-13H2,1-4H3,(H,26,32). The number of amides is 1. The summed E-state index contributed by atoms with van der Waals surface area (Å²) in [4.78, 5) is 29.6. The second kappa shape index (κ2) is 10.2. The summed E-state index contributed by atoms with van der Waals surface area (Å²) < 4.78 is 27.7. The molecule has 0 saturated heterocycles. The lowest BCUT2D eigenvalue weighted by Crippen LogP contribution is -2.30. The number of carbonyl (C=O) groups excluding carboxylic acids is 2. The molecule has 11 heteroatoms. The Morgan fingerprint density at radius 1 is 1.11 bits per heavy atom. The number of hydrogen-bond acceptors (Lipinski definition) is 7. The van der Waals surface area contributed by atoms with Crippen molar-refractivity contribution in [3.8, 4) is 22.5 Å². The Labute approximate surface area is 213 Å². The van der Waals surface area contributed by atoms with Crippen molar-refractivity contribution < 1.29 is 18.0 Å². The molecule has 188 valence electrons. The van der Waals surface area contributed by atoms with Crippen molar-refractivity contribution in [2.75, 3.05) is 6.54 Å². The maximum Gasteiger partial charge on any atom is 0.253 e. The van der Waals surface area contributed by atoms with Crippen LogP contribution in [0.3, 0.4) is 0 Å². The zero-order valence-electron chi connectivity index (χ0n) is 20.4. The number of nitrogens with one attached hydrogen (secondary N) is 1. The van der Waals surface area contributed by atoms with Gasteiger partial charge in [0.05, 0.1) is 35.2 Å². The fourth-order valence-electron chi connectivity index (χ4n) is 3.62. The van der Waals surface area contributed by atoms with E-state index in [0.717, 1.165) is 26.5 Å². The monoisotopic (exact) mass is 525 g/mol. The van der Waals surface area contributed by atoms with Crippen molar-refractivity contribution >= 4 is 33.1 Å². The van der Waals surface area contributed by atoms with Crippen molar-refractivity contribution in [1.29, 1.82) is 0 Å². The van der Waals surface area contributed by atoms with E-state index >= 15 is 0 Å². The van der Waals surface area contributed by atoms with Gasteiger partial charge in [-0.25, -0.2) is 17.4 Å². The minimum Gasteiger partial charge on any atom is -0.345 e. The summed E-state index contributed by atoms with van der Waals surface area (Å²) in [6, 6.07) is 11.3. The van der Waals surface area contributed by atoms with Crippen LogP contribution < -0.4 is 5.32 Å². The molecule has 0 spiro atoms. The Hall–Kier alpha value is -3.57. The van der Waals surface area contributed by atoms with Crippen LogP contribution in [-0.2, 0) is 28.3 Å². The zero-order chi connectivity index (χ0) is 26.0. The molecule has 36 heavy (non-hydrogen) atoms. The molecular weight excluding hydrogens is 498 g/mol. The van der Waals surface area contributed by atoms with Crippen molar-refractivity contribution in [3.63, 3.8) is 0 Å². The predicted octanol–water partition coefficient (Wildman–Crippen LogP) is 3.45. The van der Waals surface area contributed by atoms with E-state index in [-0.39, 0.29) is 24.3 Å². The smallest absolute Gasteiger partial charge is 0.253 e. The number of aryl methyl sites for hydroxylation is 2. The molecule has 9 nitrogen and oxygen atoms in total. The second-order valence-corrected chi connectivity index (χ2v) is 12.0. The van der Waals surface area contributed by atoms with Crippen LogP contribution in [0, 0.1) is 6.92 Å². The minimum atomic E-state index is -3.57. The summed E-state index contributed by atoms with van der Waals surface area (Å²) in [5.41, 5.74) is 4.17. The molecule has 0 atom stereocenters. The van der Waals surface area contributed by atoms with E-state index in [1.165, 1.54) is 23.6 Å². The number of ketones is 1. The van der Waals surface area contributed by atoms with Crippen molar-refractivity contribution in [2.24, 2.45) is 7.05 Å². The summed E-state index contributed by atoms with van der Waals surface area (Å²) >= 11 is 1.39. The fraction of sp³-hybridized carbons (Fsp3) is 0.280. The maximum atomic E-state index is 12.5. The quantitative estimate of drug-likeness (QED) is 0.358. The van der Waals surface area contributed by atoms with Crippen molar-refractivity contribution in [3.05, 3.63) is 70.4 Å². The van der Waals surface area contributed by atoms with Gasteiger partial charge in [-0.2, -0.15) is 5.10 Å². The van der Waals surface area contributed by atoms with Crippen LogP contribution >= 0.6 is 11.3 Å². The van der Waals surface area contributed by atoms with E-state index in [1.54, 1.807) is 25.5 Å². The molecule has 0 aliphatic rings. The van der Waals surface area contributed by atoms with Crippen LogP contribution in [0.2, 0.25) is 0 Å². The lowest BCUT2D eigenvalue weighted by molar-refractivity contribution is -0.117. The predicted molar refractivity (Wildman–Crippen MR) is 139 cm³/mol. The number of aromatic nitrogens is 4. The summed E-state index contributed by atoms with van der Waals surface area (Å²) in [5, 5.41) is 8.94. The van der Waals surface area contributed by atoms with E-state index in [4.69, 9.17) is 0 Å². The Balaban J connectivity index is 1.37. The highest BCUT2D eigenvalue weighted by molar-refractivity contribution is 7.90. The molecule has 0 aliphatic carbocycles. The van der Waals surface area contributed by atoms with Gasteiger partial charge in [0.1, 0.15) is 5.01 Å². The summed E-state index contributed by atoms with van der Waals surface area (Å²) in [6.45, 7) is 4.60. The minimum absolute atomic E-state index is 0.0899. The Kier molecular flexibility index (Phi) is 7.23. The molecule has 3 heterocycles. The van der Waals surface area contributed by atoms with Gasteiger partial charge in [0.25, 0.3) is 5.91 Å². The Morgan fingerprint density at radius 3 is 2.50 bits per heavy atom. The molecule has 1 N–H and O–H groups in total. The summed E-state index contributed by atoms with van der Waals surface area (Å²) in [7, 11) is -1.70. The van der Waals surface area contributed by atoms with Gasteiger partial charge >= 0.3 is 0 Å². The molecule has 4 rings (SSSR count). The van der Waals surface area contributed by atoms with Gasteiger partial charge in [0, 0.05) is 41.6 Å². The zero-order valence-corrected chi connectivity index (χ0v) is 22.1. The first-order valence-electron chi connectivity index (χ1n) is 11.3. The first-order chi connectivity index (χ1) is 17.0. The van der Waals surface area contributed by atoms with Crippen LogP contribution in [0.4, 0.5) is 0 Å². The van der Waals surface area contributed by atoms with E-state index in [2.05, 4.69) is 15.4 Å². The van der Waals surface area contributed by atoms with Crippen molar-refractivity contribution in [2.45, 2.75) is 32.4 Å². The van der Waals surface area contributed by atoms with E-state index in [0.29, 0.717) is 10.7 Å². The van der Waals surface area contributed by atoms with Gasteiger partial charge in [0.2, 0.25) is 10.0 Å². The fourth-order valence-corrected chi connectivity index (χ4v) is 5.62. The van der Waals surface area contributed by atoms with E-state index in [1.807, 2.05) is 49.0 Å². The van der Waals surface area contributed by atoms with Crippen LogP contribution in [-0.4, -0.2) is 50.6 Å². The number of nitrogens with zero attached hydrogens (tertiary/aromatic N) is 4. The van der Waals surface area contributed by atoms with Crippen LogP contribution in [0.25, 0.3) is 22.5 Å². The van der Waals surface area contributed by atoms with E-state index < -0.39 is 21.2 Å². The van der Waals surface area contributed by atoms with Crippen LogP contribution in [0.15, 0.2) is 54.2 Å². The van der Waals surface area contributed by atoms with Gasteiger partial charge in [-0.05, 0) is 39.0 Å². The highest BCUT2D eigenvalue weighted by atomic mass is 32.2. The Morgan fingerprint density at radius 2 is 1.83 bits per heavy atom. The number of hydrogen-bond donors (Lipinski definition) is 1. The molecule has 0 unspecified atom stereocenters. The highest BCUT2D eigenvalue weighted by Crippen LogP contribution is 2.27. The van der Waals surface area contributed by atoms with Crippen LogP contribution in [0.1, 0.15) is 34.9 Å². The summed E-state index contributed by atoms with van der Waals surface area (Å²) in [6.07, 6.45) is 3.26. The first-order valence-corrected chi connectivity index (χ1v) is 13.7. The largest absolute Gasteiger partial charge is 0.345 e. The van der Waals surface area contributed by atoms with Gasteiger partial charge in [-0.1, -0.05) is 18.2 Å². The molecule has 4 aromatic rings. The lowest BCUT2D eigenvalue weighted by Gasteiger charge is -2.10. The molecule has 3 aromatic heterocycles. The Bertz CT molecular complexity index is 1530. The number of thiazole rings is 1. The third kappa shape index (κ3) is 5.47. The molecular formula is C25H27N5O4S2. The number of benzene rings is 1. The normalized spacial score (nSPS) is 11.7. The van der Waals surface area contributed by atoms with Gasteiger partial charge < -0.3 is 5.32 Å². The lowest BCUT2D eigenvalue weighted by atomic mass is 10.1. The van der Waals surface area contributed by atoms with E-state index in [9.17, 15) is 18.0 Å². The van der Waals surface area contributed by atoms with Crippen molar-refractivity contribution in [1.82, 2.24) is 24.1 Å². The SMILES string of the molecule is Cc1cc(C(=O)NCC(=O)Cc2nc(-c3cccc(-c4ccn(C)n4)c3)cs2)cn1S(=O)(=O)C(C)C. The number of rotatable bonds is 9. The summed E-state index contributed by atoms with van der Waals surface area (Å²) in [5.74, 6) is -0.701. The molecule has 1 aromatic carbocycles. The van der Waals surface area contributed by atoms with Crippen LogP contribution in [0.5, 0.6) is 0 Å². The molecule has 0 radical (unpaired) electrons. The average Bonchev–Trinajstić information content (AvgIpc) is 3.57. The number of Topliss-reactive ketones (excluding diaryl/α,β-unsaturated/α-hetero) is 1. The number of carbonyl (C=O) groups is 2. The molecule has 0 saturated carbocycles. The topological polar surface area (TPSA) is 116 Å².